The van der Waals surface area contributed by atoms with Crippen molar-refractivity contribution in [3.63, 3.8) is 0 Å². The summed E-state index contributed by atoms with van der Waals surface area (Å²) in [6, 6.07) is 0.199. The second-order valence-corrected chi connectivity index (χ2v) is 8.02. The fourth-order valence-electron chi connectivity index (χ4n) is 3.63. The van der Waals surface area contributed by atoms with Crippen LogP contribution in [-0.2, 0) is 19.0 Å². The van der Waals surface area contributed by atoms with Crippen LogP contribution in [-0.4, -0.2) is 93.1 Å². The zero-order valence-electron chi connectivity index (χ0n) is 15.5. The van der Waals surface area contributed by atoms with E-state index in [9.17, 15) is 9.59 Å². The summed E-state index contributed by atoms with van der Waals surface area (Å²) in [5, 5.41) is 3.12. The van der Waals surface area contributed by atoms with Crippen molar-refractivity contribution in [1.82, 2.24) is 15.1 Å². The van der Waals surface area contributed by atoms with Gasteiger partial charge in [-0.2, -0.15) is 0 Å². The number of hydrogen-bond donors (Lipinski definition) is 1. The average Bonchev–Trinajstić information content (AvgIpc) is 2.94. The van der Waals surface area contributed by atoms with Gasteiger partial charge in [-0.15, -0.1) is 0 Å². The third-order valence-corrected chi connectivity index (χ3v) is 5.04. The van der Waals surface area contributed by atoms with Gasteiger partial charge in [0.05, 0.1) is 44.6 Å². The zero-order chi connectivity index (χ0) is 18.2. The van der Waals surface area contributed by atoms with E-state index in [-0.39, 0.29) is 37.3 Å². The van der Waals surface area contributed by atoms with Crippen LogP contribution in [0.3, 0.4) is 0 Å². The molecule has 8 nitrogen and oxygen atoms in total. The van der Waals surface area contributed by atoms with E-state index in [4.69, 9.17) is 14.2 Å². The molecule has 0 aromatic heterocycles. The van der Waals surface area contributed by atoms with Gasteiger partial charge in [-0.1, -0.05) is 0 Å². The van der Waals surface area contributed by atoms with Crippen molar-refractivity contribution in [2.75, 3.05) is 53.6 Å². The number of carbonyl (C=O) groups excluding carboxylic acids is 2. The van der Waals surface area contributed by atoms with Gasteiger partial charge in [-0.3, -0.25) is 4.79 Å². The quantitative estimate of drug-likeness (QED) is 0.746. The van der Waals surface area contributed by atoms with Crippen LogP contribution in [0.4, 0.5) is 4.79 Å². The minimum absolute atomic E-state index is 0.0188. The normalized spacial score (nSPS) is 32.9. The topological polar surface area (TPSA) is 80.3 Å². The van der Waals surface area contributed by atoms with Gasteiger partial charge in [-0.05, 0) is 13.8 Å². The first-order chi connectivity index (χ1) is 11.8. The summed E-state index contributed by atoms with van der Waals surface area (Å²) < 4.78 is 16.8. The third-order valence-electron chi connectivity index (χ3n) is 5.04. The number of rotatable bonds is 5. The monoisotopic (exact) mass is 355 g/mol. The van der Waals surface area contributed by atoms with E-state index in [1.54, 1.807) is 19.0 Å². The van der Waals surface area contributed by atoms with E-state index in [1.807, 2.05) is 13.8 Å². The number of fused-ring (bicyclic) bond motifs is 1. The summed E-state index contributed by atoms with van der Waals surface area (Å²) in [6.07, 6.45) is -0.244. The predicted molar refractivity (Wildman–Crippen MR) is 90.2 cm³/mol. The van der Waals surface area contributed by atoms with Gasteiger partial charge < -0.3 is 29.3 Å². The van der Waals surface area contributed by atoms with E-state index in [0.29, 0.717) is 24.9 Å². The summed E-state index contributed by atoms with van der Waals surface area (Å²) in [7, 11) is 3.38. The summed E-state index contributed by atoms with van der Waals surface area (Å²) >= 11 is 0. The molecule has 0 radical (unpaired) electrons. The van der Waals surface area contributed by atoms with Gasteiger partial charge in [0.25, 0.3) is 0 Å². The van der Waals surface area contributed by atoms with Crippen LogP contribution in [0, 0.1) is 11.8 Å². The van der Waals surface area contributed by atoms with Crippen molar-refractivity contribution in [3.8, 4) is 0 Å². The molecule has 2 unspecified atom stereocenters. The van der Waals surface area contributed by atoms with Gasteiger partial charge in [0.15, 0.2) is 0 Å². The molecule has 142 valence electrons. The minimum Gasteiger partial charge on any atom is -0.381 e. The number of hydrogen-bond acceptors (Lipinski definition) is 5. The Morgan fingerprint density at radius 2 is 1.96 bits per heavy atom. The van der Waals surface area contributed by atoms with Gasteiger partial charge in [0, 0.05) is 32.0 Å². The van der Waals surface area contributed by atoms with Gasteiger partial charge >= 0.3 is 6.03 Å². The molecule has 3 fully saturated rings. The lowest BCUT2D eigenvalue weighted by Gasteiger charge is -2.42. The second-order valence-electron chi connectivity index (χ2n) is 8.02. The molecule has 0 bridgehead atoms. The molecular formula is C17H29N3O5. The highest BCUT2D eigenvalue weighted by atomic mass is 16.6. The molecule has 1 saturated carbocycles. The zero-order valence-corrected chi connectivity index (χ0v) is 15.5. The van der Waals surface area contributed by atoms with Crippen LogP contribution in [0.25, 0.3) is 0 Å². The SMILES string of the molecule is CN(C)C(=O)COCC1CN(C(=O)NC2[C@H]3COC[C@@H]23)CC(C)(C)O1. The molecule has 4 atom stereocenters. The molecule has 3 amide bonds. The number of morpholine rings is 1. The number of nitrogens with one attached hydrogen (secondary N) is 1. The van der Waals surface area contributed by atoms with Crippen LogP contribution in [0.1, 0.15) is 13.8 Å². The lowest BCUT2D eigenvalue weighted by atomic mass is 10.1. The lowest BCUT2D eigenvalue weighted by Crippen LogP contribution is -2.58. The highest BCUT2D eigenvalue weighted by Crippen LogP contribution is 2.44. The van der Waals surface area contributed by atoms with Gasteiger partial charge in [-0.25, -0.2) is 4.79 Å². The van der Waals surface area contributed by atoms with Crippen molar-refractivity contribution in [1.29, 1.82) is 0 Å². The molecule has 1 N–H and O–H groups in total. The molecule has 0 aromatic carbocycles. The number of carbonyl (C=O) groups is 2. The molecule has 1 aliphatic carbocycles. The van der Waals surface area contributed by atoms with Crippen molar-refractivity contribution >= 4 is 11.9 Å². The van der Waals surface area contributed by atoms with Crippen LogP contribution >= 0.6 is 0 Å². The molecule has 8 heteroatoms. The van der Waals surface area contributed by atoms with Crippen molar-refractivity contribution in [2.45, 2.75) is 31.6 Å². The number of nitrogens with zero attached hydrogens (tertiary/aromatic N) is 2. The first-order valence-corrected chi connectivity index (χ1v) is 8.86. The smallest absolute Gasteiger partial charge is 0.317 e. The van der Waals surface area contributed by atoms with E-state index in [0.717, 1.165) is 13.2 Å². The maximum absolute atomic E-state index is 12.6. The van der Waals surface area contributed by atoms with Crippen molar-refractivity contribution in [2.24, 2.45) is 11.8 Å². The highest BCUT2D eigenvalue weighted by molar-refractivity contribution is 5.76. The van der Waals surface area contributed by atoms with Crippen molar-refractivity contribution in [3.05, 3.63) is 0 Å². The second kappa shape index (κ2) is 7.09. The van der Waals surface area contributed by atoms with Crippen molar-refractivity contribution < 1.29 is 23.8 Å². The van der Waals surface area contributed by atoms with E-state index in [2.05, 4.69) is 5.32 Å². The summed E-state index contributed by atoms with van der Waals surface area (Å²) in [4.78, 5) is 27.5. The Kier molecular flexibility index (Phi) is 5.22. The summed E-state index contributed by atoms with van der Waals surface area (Å²) in [5.74, 6) is 0.871. The van der Waals surface area contributed by atoms with E-state index in [1.165, 1.54) is 4.90 Å². The molecular weight excluding hydrogens is 326 g/mol. The molecule has 3 aliphatic rings. The number of ether oxygens (including phenoxy) is 3. The highest BCUT2D eigenvalue weighted by Gasteiger charge is 2.55. The summed E-state index contributed by atoms with van der Waals surface area (Å²) in [5.41, 5.74) is -0.447. The number of amides is 3. The van der Waals surface area contributed by atoms with Crippen LogP contribution < -0.4 is 5.32 Å². The van der Waals surface area contributed by atoms with Crippen LogP contribution in [0.15, 0.2) is 0 Å². The first-order valence-electron chi connectivity index (χ1n) is 8.86. The van der Waals surface area contributed by atoms with Gasteiger partial charge in [0.1, 0.15) is 6.61 Å². The first kappa shape index (κ1) is 18.4. The van der Waals surface area contributed by atoms with Crippen LogP contribution in [0.2, 0.25) is 0 Å². The molecule has 0 spiro atoms. The molecule has 2 aliphatic heterocycles. The average molecular weight is 355 g/mol. The maximum atomic E-state index is 12.6. The molecule has 25 heavy (non-hydrogen) atoms. The van der Waals surface area contributed by atoms with Crippen LogP contribution in [0.5, 0.6) is 0 Å². The molecule has 3 rings (SSSR count). The Labute approximate surface area is 148 Å². The Bertz CT molecular complexity index is 514. The Balaban J connectivity index is 1.48. The number of urea groups is 1. The standard InChI is InChI=1S/C17H29N3O5/c1-17(2)10-20(16(22)18-15-12-7-24-8-13(12)15)5-11(25-17)6-23-9-14(21)19(3)4/h11-13,15H,5-10H2,1-4H3,(H,18,22)/t11?,12-,13+,15?. The maximum Gasteiger partial charge on any atom is 0.317 e. The van der Waals surface area contributed by atoms with Gasteiger partial charge in [0.2, 0.25) is 5.91 Å². The summed E-state index contributed by atoms with van der Waals surface area (Å²) in [6.45, 7) is 6.73. The Hall–Kier alpha value is -1.38. The predicted octanol–water partition coefficient (Wildman–Crippen LogP) is -0.0750. The fourth-order valence-corrected chi connectivity index (χ4v) is 3.63. The number of likely N-dealkylation sites (N-methyl/N-ethyl adjacent to an activating group) is 1. The minimum atomic E-state index is -0.447. The molecule has 0 aromatic rings. The van der Waals surface area contributed by atoms with E-state index >= 15 is 0 Å². The molecule has 2 saturated heterocycles. The third kappa shape index (κ3) is 4.43. The Morgan fingerprint density at radius 1 is 1.28 bits per heavy atom. The fraction of sp³-hybridized carbons (Fsp3) is 0.882. The molecule has 2 heterocycles. The van der Waals surface area contributed by atoms with E-state index < -0.39 is 5.60 Å². The lowest BCUT2D eigenvalue weighted by molar-refractivity contribution is -0.153. The Morgan fingerprint density at radius 3 is 2.60 bits per heavy atom. The largest absolute Gasteiger partial charge is 0.381 e.